The Hall–Kier alpha value is -1.23. The van der Waals surface area contributed by atoms with Crippen LogP contribution in [0.5, 0.6) is 0 Å². The van der Waals surface area contributed by atoms with Crippen molar-refractivity contribution in [2.24, 2.45) is 0 Å². The number of likely N-dealkylation sites (tertiary alicyclic amines) is 1. The fourth-order valence-electron chi connectivity index (χ4n) is 1.93. The van der Waals surface area contributed by atoms with E-state index >= 15 is 0 Å². The van der Waals surface area contributed by atoms with Gasteiger partial charge in [-0.25, -0.2) is 0 Å². The summed E-state index contributed by atoms with van der Waals surface area (Å²) in [6.07, 6.45) is 2.59. The van der Waals surface area contributed by atoms with Crippen LogP contribution < -0.4 is 0 Å². The molecule has 0 spiro atoms. The van der Waals surface area contributed by atoms with Crippen molar-refractivity contribution >= 4 is 0 Å². The standard InChI is InChI=1S/C13H20N2/c1-10(9-14)11(2)12(3)13(4)15-7-5-6-8-15/h5-8H2,1-4H3/b11-10+,13-12+. The van der Waals surface area contributed by atoms with Crippen LogP contribution in [-0.2, 0) is 0 Å². The highest BCUT2D eigenvalue weighted by molar-refractivity contribution is 5.39. The summed E-state index contributed by atoms with van der Waals surface area (Å²) in [4.78, 5) is 2.42. The first-order chi connectivity index (χ1) is 7.07. The average molecular weight is 204 g/mol. The molecule has 2 nitrogen and oxygen atoms in total. The molecule has 0 saturated carbocycles. The number of nitrogens with zero attached hydrogens (tertiary/aromatic N) is 2. The molecule has 1 heterocycles. The summed E-state index contributed by atoms with van der Waals surface area (Å²) in [6.45, 7) is 10.5. The third-order valence-electron chi connectivity index (χ3n) is 3.42. The smallest absolute Gasteiger partial charge is 0.0946 e. The minimum atomic E-state index is 0.825. The highest BCUT2D eigenvalue weighted by atomic mass is 15.1. The first-order valence-electron chi connectivity index (χ1n) is 5.58. The van der Waals surface area contributed by atoms with Crippen molar-refractivity contribution in [3.63, 3.8) is 0 Å². The van der Waals surface area contributed by atoms with Gasteiger partial charge in [0.15, 0.2) is 0 Å². The van der Waals surface area contributed by atoms with Gasteiger partial charge < -0.3 is 4.90 Å². The molecule has 15 heavy (non-hydrogen) atoms. The minimum absolute atomic E-state index is 0.825. The highest BCUT2D eigenvalue weighted by Gasteiger charge is 2.14. The average Bonchev–Trinajstić information content (AvgIpc) is 2.78. The molecular weight excluding hydrogens is 184 g/mol. The molecule has 0 aromatic carbocycles. The van der Waals surface area contributed by atoms with Gasteiger partial charge in [-0.2, -0.15) is 5.26 Å². The minimum Gasteiger partial charge on any atom is -0.375 e. The maximum atomic E-state index is 8.86. The fraction of sp³-hybridized carbons (Fsp3) is 0.615. The normalized spacial score (nSPS) is 19.5. The van der Waals surface area contributed by atoms with Gasteiger partial charge in [0.2, 0.25) is 0 Å². The number of hydrogen-bond acceptors (Lipinski definition) is 2. The Kier molecular flexibility index (Phi) is 3.96. The van der Waals surface area contributed by atoms with Crippen molar-refractivity contribution in [1.29, 1.82) is 5.26 Å². The number of hydrogen-bond donors (Lipinski definition) is 0. The second-order valence-corrected chi connectivity index (χ2v) is 4.27. The van der Waals surface area contributed by atoms with Crippen LogP contribution in [0.25, 0.3) is 0 Å². The third-order valence-corrected chi connectivity index (χ3v) is 3.42. The molecule has 2 heteroatoms. The molecule has 1 rings (SSSR count). The molecular formula is C13H20N2. The lowest BCUT2D eigenvalue weighted by Crippen LogP contribution is -2.18. The van der Waals surface area contributed by atoms with E-state index in [0.717, 1.165) is 11.1 Å². The molecule has 0 aromatic rings. The predicted molar refractivity (Wildman–Crippen MR) is 63.2 cm³/mol. The molecule has 0 radical (unpaired) electrons. The first-order valence-corrected chi connectivity index (χ1v) is 5.58. The van der Waals surface area contributed by atoms with Gasteiger partial charge in [0.1, 0.15) is 0 Å². The summed E-state index contributed by atoms with van der Waals surface area (Å²) in [7, 11) is 0. The molecule has 0 aliphatic carbocycles. The van der Waals surface area contributed by atoms with Crippen molar-refractivity contribution in [1.82, 2.24) is 4.90 Å². The van der Waals surface area contributed by atoms with E-state index in [-0.39, 0.29) is 0 Å². The Morgan fingerprint density at radius 2 is 1.53 bits per heavy atom. The highest BCUT2D eigenvalue weighted by Crippen LogP contribution is 2.22. The Morgan fingerprint density at radius 1 is 1.00 bits per heavy atom. The molecule has 1 aliphatic heterocycles. The van der Waals surface area contributed by atoms with Crippen molar-refractivity contribution in [3.05, 3.63) is 22.4 Å². The van der Waals surface area contributed by atoms with Crippen molar-refractivity contribution in [2.75, 3.05) is 13.1 Å². The topological polar surface area (TPSA) is 27.0 Å². The van der Waals surface area contributed by atoms with Gasteiger partial charge in [0.25, 0.3) is 0 Å². The zero-order valence-electron chi connectivity index (χ0n) is 10.2. The maximum Gasteiger partial charge on any atom is 0.0946 e. The van der Waals surface area contributed by atoms with Crippen LogP contribution in [0.1, 0.15) is 40.5 Å². The van der Waals surface area contributed by atoms with Crippen molar-refractivity contribution in [2.45, 2.75) is 40.5 Å². The summed E-state index contributed by atoms with van der Waals surface area (Å²) < 4.78 is 0. The summed E-state index contributed by atoms with van der Waals surface area (Å²) in [5, 5.41) is 8.86. The molecule has 1 aliphatic rings. The number of rotatable bonds is 2. The van der Waals surface area contributed by atoms with E-state index in [1.165, 1.54) is 37.2 Å². The molecule has 0 aromatic heterocycles. The molecule has 0 N–H and O–H groups in total. The van der Waals surface area contributed by atoms with Gasteiger partial charge >= 0.3 is 0 Å². The zero-order chi connectivity index (χ0) is 11.4. The lowest BCUT2D eigenvalue weighted by molar-refractivity contribution is 0.423. The molecule has 1 fully saturated rings. The van der Waals surface area contributed by atoms with Crippen LogP contribution in [-0.4, -0.2) is 18.0 Å². The summed E-state index contributed by atoms with van der Waals surface area (Å²) in [5.74, 6) is 0. The van der Waals surface area contributed by atoms with E-state index in [1.54, 1.807) is 0 Å². The lowest BCUT2D eigenvalue weighted by atomic mass is 10.0. The van der Waals surface area contributed by atoms with Gasteiger partial charge in [-0.15, -0.1) is 0 Å². The Labute approximate surface area is 92.9 Å². The molecule has 0 amide bonds. The van der Waals surface area contributed by atoms with Crippen LogP contribution in [0, 0.1) is 11.3 Å². The number of allylic oxidation sites excluding steroid dienone is 4. The largest absolute Gasteiger partial charge is 0.375 e. The molecule has 0 atom stereocenters. The summed E-state index contributed by atoms with van der Waals surface area (Å²) in [5.41, 5.74) is 4.54. The third kappa shape index (κ3) is 2.62. The molecule has 0 unspecified atom stereocenters. The van der Waals surface area contributed by atoms with E-state index in [9.17, 15) is 0 Å². The van der Waals surface area contributed by atoms with Gasteiger partial charge in [-0.3, -0.25) is 0 Å². The van der Waals surface area contributed by atoms with Gasteiger partial charge in [-0.1, -0.05) is 0 Å². The van der Waals surface area contributed by atoms with Crippen molar-refractivity contribution in [3.8, 4) is 6.07 Å². The quantitative estimate of drug-likeness (QED) is 0.510. The zero-order valence-corrected chi connectivity index (χ0v) is 10.2. The summed E-state index contributed by atoms with van der Waals surface area (Å²) >= 11 is 0. The second-order valence-electron chi connectivity index (χ2n) is 4.27. The van der Waals surface area contributed by atoms with E-state index in [0.29, 0.717) is 0 Å². The van der Waals surface area contributed by atoms with Crippen LogP contribution in [0.4, 0.5) is 0 Å². The number of nitriles is 1. The van der Waals surface area contributed by atoms with E-state index in [4.69, 9.17) is 5.26 Å². The fourth-order valence-corrected chi connectivity index (χ4v) is 1.93. The predicted octanol–water partition coefficient (Wildman–Crippen LogP) is 3.24. The van der Waals surface area contributed by atoms with Gasteiger partial charge in [-0.05, 0) is 51.7 Å². The van der Waals surface area contributed by atoms with Crippen molar-refractivity contribution < 1.29 is 0 Å². The Balaban J connectivity index is 2.94. The SMILES string of the molecule is C/C(C#N)=C(C)\C(C)=C(/C)N1CCCC1. The van der Waals surface area contributed by atoms with Crippen LogP contribution >= 0.6 is 0 Å². The first kappa shape index (κ1) is 11.8. The van der Waals surface area contributed by atoms with Crippen LogP contribution in [0.2, 0.25) is 0 Å². The maximum absolute atomic E-state index is 8.86. The summed E-state index contributed by atoms with van der Waals surface area (Å²) in [6, 6.07) is 2.22. The molecule has 0 bridgehead atoms. The van der Waals surface area contributed by atoms with Crippen LogP contribution in [0.3, 0.4) is 0 Å². The Morgan fingerprint density at radius 3 is 2.00 bits per heavy atom. The molecule has 1 saturated heterocycles. The van der Waals surface area contributed by atoms with E-state index in [2.05, 4.69) is 24.8 Å². The van der Waals surface area contributed by atoms with E-state index in [1.807, 2.05) is 13.8 Å². The van der Waals surface area contributed by atoms with Gasteiger partial charge in [0.05, 0.1) is 6.07 Å². The van der Waals surface area contributed by atoms with E-state index < -0.39 is 0 Å². The monoisotopic (exact) mass is 204 g/mol. The lowest BCUT2D eigenvalue weighted by Gasteiger charge is -2.21. The Bertz CT molecular complexity index is 336. The second kappa shape index (κ2) is 5.02. The van der Waals surface area contributed by atoms with Gasteiger partial charge in [0, 0.05) is 24.4 Å². The van der Waals surface area contributed by atoms with Crippen LogP contribution in [0.15, 0.2) is 22.4 Å². The molecule has 82 valence electrons.